The van der Waals surface area contributed by atoms with Crippen molar-refractivity contribution in [3.8, 4) is 5.75 Å². The number of hydrogen-bond donors (Lipinski definition) is 2. The van der Waals surface area contributed by atoms with E-state index in [9.17, 15) is 5.11 Å². The highest BCUT2D eigenvalue weighted by Gasteiger charge is 2.19. The number of aliphatic hydroxyl groups excluding tert-OH is 1. The van der Waals surface area contributed by atoms with Gasteiger partial charge < -0.3 is 15.6 Å². The van der Waals surface area contributed by atoms with E-state index < -0.39 is 6.10 Å². The van der Waals surface area contributed by atoms with Gasteiger partial charge in [0.25, 0.3) is 0 Å². The molecule has 0 aliphatic heterocycles. The number of hydrogen-bond acceptors (Lipinski definition) is 4. The summed E-state index contributed by atoms with van der Waals surface area (Å²) >= 11 is 1.52. The lowest BCUT2D eigenvalue weighted by Crippen LogP contribution is -2.23. The molecule has 0 bridgehead atoms. The zero-order chi connectivity index (χ0) is 10.0. The summed E-state index contributed by atoms with van der Waals surface area (Å²) in [6.07, 6.45) is -0.631. The molecule has 0 aromatic carbocycles. The topological polar surface area (TPSA) is 55.5 Å². The molecule has 2 unspecified atom stereocenters. The number of rotatable bonds is 3. The molecule has 1 aromatic heterocycles. The van der Waals surface area contributed by atoms with Crippen LogP contribution in [0.15, 0.2) is 6.07 Å². The van der Waals surface area contributed by atoms with Crippen molar-refractivity contribution in [2.45, 2.75) is 26.0 Å². The summed E-state index contributed by atoms with van der Waals surface area (Å²) in [6, 6.07) is 1.64. The van der Waals surface area contributed by atoms with Gasteiger partial charge in [0.05, 0.1) is 12.0 Å². The molecule has 0 amide bonds. The molecule has 0 fully saturated rings. The van der Waals surface area contributed by atoms with Gasteiger partial charge in [-0.3, -0.25) is 0 Å². The van der Waals surface area contributed by atoms with E-state index in [-0.39, 0.29) is 6.04 Å². The molecule has 74 valence electrons. The molecule has 1 heterocycles. The Bertz CT molecular complexity index is 283. The lowest BCUT2D eigenvalue weighted by Gasteiger charge is -2.13. The van der Waals surface area contributed by atoms with Gasteiger partial charge in [0.2, 0.25) is 0 Å². The van der Waals surface area contributed by atoms with Gasteiger partial charge in [0, 0.05) is 10.9 Å². The predicted molar refractivity (Wildman–Crippen MR) is 54.2 cm³/mol. The Morgan fingerprint density at radius 1 is 1.62 bits per heavy atom. The quantitative estimate of drug-likeness (QED) is 0.778. The zero-order valence-corrected chi connectivity index (χ0v) is 8.89. The van der Waals surface area contributed by atoms with Gasteiger partial charge in [0.1, 0.15) is 11.9 Å². The minimum Gasteiger partial charge on any atom is -0.495 e. The molecule has 0 aliphatic carbocycles. The lowest BCUT2D eigenvalue weighted by molar-refractivity contribution is 0.153. The van der Waals surface area contributed by atoms with E-state index in [4.69, 9.17) is 10.5 Å². The van der Waals surface area contributed by atoms with Crippen LogP contribution in [-0.2, 0) is 0 Å². The Morgan fingerprint density at radius 3 is 2.69 bits per heavy atom. The van der Waals surface area contributed by atoms with E-state index >= 15 is 0 Å². The standard InChI is InChI=1S/C9H15NO2S/c1-5-4-7(12-3)9(13-5)8(11)6(2)10/h4,6,8,11H,10H2,1-3H3. The summed E-state index contributed by atoms with van der Waals surface area (Å²) in [4.78, 5) is 1.93. The first kappa shape index (κ1) is 10.5. The zero-order valence-electron chi connectivity index (χ0n) is 8.07. The Balaban J connectivity index is 2.98. The molecular formula is C9H15NO2S. The molecule has 0 radical (unpaired) electrons. The minimum absolute atomic E-state index is 0.271. The molecule has 0 saturated carbocycles. The first-order valence-electron chi connectivity index (χ1n) is 4.14. The molecule has 0 aliphatic rings. The fraction of sp³-hybridized carbons (Fsp3) is 0.556. The fourth-order valence-electron chi connectivity index (χ4n) is 1.11. The van der Waals surface area contributed by atoms with Crippen LogP contribution in [0.5, 0.6) is 5.75 Å². The van der Waals surface area contributed by atoms with Crippen LogP contribution in [0.4, 0.5) is 0 Å². The van der Waals surface area contributed by atoms with Crippen molar-refractivity contribution < 1.29 is 9.84 Å². The number of ether oxygens (including phenoxy) is 1. The number of aliphatic hydroxyl groups is 1. The molecule has 1 aromatic rings. The molecule has 3 N–H and O–H groups in total. The van der Waals surface area contributed by atoms with Gasteiger partial charge in [-0.2, -0.15) is 0 Å². The summed E-state index contributed by atoms with van der Waals surface area (Å²) in [5.41, 5.74) is 5.60. The third-order valence-electron chi connectivity index (χ3n) is 1.83. The minimum atomic E-state index is -0.631. The lowest BCUT2D eigenvalue weighted by atomic mass is 10.1. The first-order valence-corrected chi connectivity index (χ1v) is 4.96. The van der Waals surface area contributed by atoms with E-state index in [1.807, 2.05) is 13.0 Å². The first-order chi connectivity index (χ1) is 6.06. The highest BCUT2D eigenvalue weighted by Crippen LogP contribution is 2.34. The number of aryl methyl sites for hydroxylation is 1. The van der Waals surface area contributed by atoms with Crippen molar-refractivity contribution in [3.63, 3.8) is 0 Å². The maximum absolute atomic E-state index is 9.73. The molecule has 0 spiro atoms. The molecular weight excluding hydrogens is 186 g/mol. The van der Waals surface area contributed by atoms with Crippen LogP contribution >= 0.6 is 11.3 Å². The third kappa shape index (κ3) is 2.21. The third-order valence-corrected chi connectivity index (χ3v) is 2.94. The summed E-state index contributed by atoms with van der Waals surface area (Å²) in [5, 5.41) is 9.73. The van der Waals surface area contributed by atoms with Crippen LogP contribution in [0, 0.1) is 6.92 Å². The van der Waals surface area contributed by atoms with Crippen molar-refractivity contribution >= 4 is 11.3 Å². The smallest absolute Gasteiger partial charge is 0.135 e. The molecule has 2 atom stereocenters. The van der Waals surface area contributed by atoms with Crippen LogP contribution in [0.2, 0.25) is 0 Å². The van der Waals surface area contributed by atoms with E-state index in [2.05, 4.69) is 0 Å². The highest BCUT2D eigenvalue weighted by molar-refractivity contribution is 7.12. The van der Waals surface area contributed by atoms with Gasteiger partial charge in [-0.1, -0.05) is 0 Å². The monoisotopic (exact) mass is 201 g/mol. The summed E-state index contributed by atoms with van der Waals surface area (Å²) in [5.74, 6) is 0.729. The Hall–Kier alpha value is -0.580. The maximum Gasteiger partial charge on any atom is 0.135 e. The summed E-state index contributed by atoms with van der Waals surface area (Å²) in [6.45, 7) is 3.75. The van der Waals surface area contributed by atoms with E-state index in [0.717, 1.165) is 15.5 Å². The van der Waals surface area contributed by atoms with Crippen molar-refractivity contribution in [3.05, 3.63) is 15.8 Å². The highest BCUT2D eigenvalue weighted by atomic mass is 32.1. The van der Waals surface area contributed by atoms with Gasteiger partial charge in [-0.15, -0.1) is 11.3 Å². The fourth-order valence-corrected chi connectivity index (χ4v) is 2.20. The van der Waals surface area contributed by atoms with Crippen molar-refractivity contribution in [2.24, 2.45) is 5.73 Å². The largest absolute Gasteiger partial charge is 0.495 e. The number of methoxy groups -OCH3 is 1. The van der Waals surface area contributed by atoms with Crippen molar-refractivity contribution in [1.82, 2.24) is 0 Å². The van der Waals surface area contributed by atoms with Crippen molar-refractivity contribution in [1.29, 1.82) is 0 Å². The average molecular weight is 201 g/mol. The average Bonchev–Trinajstić information content (AvgIpc) is 2.45. The van der Waals surface area contributed by atoms with Gasteiger partial charge in [-0.25, -0.2) is 0 Å². The molecule has 3 nitrogen and oxygen atoms in total. The number of nitrogens with two attached hydrogens (primary N) is 1. The van der Waals surface area contributed by atoms with Gasteiger partial charge in [-0.05, 0) is 19.9 Å². The van der Waals surface area contributed by atoms with E-state index in [1.54, 1.807) is 14.0 Å². The van der Waals surface area contributed by atoms with Crippen molar-refractivity contribution in [2.75, 3.05) is 7.11 Å². The Labute approximate surface area is 82.1 Å². The molecule has 13 heavy (non-hydrogen) atoms. The maximum atomic E-state index is 9.73. The van der Waals surface area contributed by atoms with Crippen LogP contribution < -0.4 is 10.5 Å². The molecule has 1 rings (SSSR count). The van der Waals surface area contributed by atoms with E-state index in [1.165, 1.54) is 11.3 Å². The Morgan fingerprint density at radius 2 is 2.23 bits per heavy atom. The summed E-state index contributed by atoms with van der Waals surface area (Å²) < 4.78 is 5.13. The van der Waals surface area contributed by atoms with E-state index in [0.29, 0.717) is 0 Å². The number of thiophene rings is 1. The molecule has 4 heteroatoms. The molecule has 0 saturated heterocycles. The normalized spacial score (nSPS) is 15.5. The second kappa shape index (κ2) is 4.09. The second-order valence-electron chi connectivity index (χ2n) is 3.09. The van der Waals surface area contributed by atoms with Crippen LogP contribution in [0.1, 0.15) is 22.8 Å². The van der Waals surface area contributed by atoms with Crippen LogP contribution in [0.3, 0.4) is 0 Å². The predicted octanol–water partition coefficient (Wildman–Crippen LogP) is 1.45. The Kier molecular flexibility index (Phi) is 3.30. The SMILES string of the molecule is COc1cc(C)sc1C(O)C(C)N. The van der Waals surface area contributed by atoms with Crippen LogP contribution in [-0.4, -0.2) is 18.3 Å². The summed E-state index contributed by atoms with van der Waals surface area (Å²) in [7, 11) is 1.60. The second-order valence-corrected chi connectivity index (χ2v) is 4.38. The van der Waals surface area contributed by atoms with Gasteiger partial charge in [0.15, 0.2) is 0 Å². The van der Waals surface area contributed by atoms with Gasteiger partial charge >= 0.3 is 0 Å². The van der Waals surface area contributed by atoms with Crippen LogP contribution in [0.25, 0.3) is 0 Å².